The van der Waals surface area contributed by atoms with Crippen LogP contribution in [0.1, 0.15) is 20.8 Å². The molecule has 3 unspecified atom stereocenters. The number of rotatable bonds is 5. The molecule has 1 saturated heterocycles. The smallest absolute Gasteiger partial charge is 0.317 e. The molecule has 0 aromatic heterocycles. The van der Waals surface area contributed by atoms with Crippen LogP contribution in [0.5, 0.6) is 0 Å². The average molecular weight is 258 g/mol. The first-order chi connectivity index (χ1) is 8.45. The van der Waals surface area contributed by atoms with Gasteiger partial charge in [-0.05, 0) is 19.8 Å². The van der Waals surface area contributed by atoms with Crippen molar-refractivity contribution in [2.45, 2.75) is 26.9 Å². The Bertz CT molecular complexity index is 308. The van der Waals surface area contributed by atoms with Crippen LogP contribution in [0.3, 0.4) is 0 Å². The second kappa shape index (κ2) is 6.58. The SMILES string of the molecule is CCOC(C)CNC(=O)N1CC(C)C(C(=O)O)C1. The lowest BCUT2D eigenvalue weighted by molar-refractivity contribution is -0.142. The van der Waals surface area contributed by atoms with Crippen molar-refractivity contribution in [3.8, 4) is 0 Å². The van der Waals surface area contributed by atoms with Gasteiger partial charge in [0, 0.05) is 26.2 Å². The van der Waals surface area contributed by atoms with Crippen molar-refractivity contribution in [2.24, 2.45) is 11.8 Å². The third-order valence-corrected chi connectivity index (χ3v) is 3.21. The Morgan fingerprint density at radius 3 is 2.67 bits per heavy atom. The summed E-state index contributed by atoms with van der Waals surface area (Å²) in [5.74, 6) is -1.29. The highest BCUT2D eigenvalue weighted by Crippen LogP contribution is 2.22. The van der Waals surface area contributed by atoms with Crippen molar-refractivity contribution in [2.75, 3.05) is 26.2 Å². The summed E-state index contributed by atoms with van der Waals surface area (Å²) in [6.07, 6.45) is -0.0331. The number of urea groups is 1. The lowest BCUT2D eigenvalue weighted by Crippen LogP contribution is -2.42. The molecule has 0 saturated carbocycles. The molecule has 6 heteroatoms. The van der Waals surface area contributed by atoms with Crippen molar-refractivity contribution in [1.29, 1.82) is 0 Å². The Morgan fingerprint density at radius 1 is 1.50 bits per heavy atom. The third-order valence-electron chi connectivity index (χ3n) is 3.21. The summed E-state index contributed by atoms with van der Waals surface area (Å²) in [6, 6.07) is -0.211. The summed E-state index contributed by atoms with van der Waals surface area (Å²) in [5, 5.41) is 11.8. The van der Waals surface area contributed by atoms with E-state index < -0.39 is 11.9 Å². The molecule has 1 aliphatic rings. The highest BCUT2D eigenvalue weighted by atomic mass is 16.5. The van der Waals surface area contributed by atoms with Gasteiger partial charge in [-0.3, -0.25) is 4.79 Å². The molecule has 1 heterocycles. The number of amides is 2. The molecule has 2 amide bonds. The zero-order valence-electron chi connectivity index (χ0n) is 11.2. The molecule has 1 rings (SSSR count). The van der Waals surface area contributed by atoms with Gasteiger partial charge in [-0.15, -0.1) is 0 Å². The highest BCUT2D eigenvalue weighted by Gasteiger charge is 2.36. The monoisotopic (exact) mass is 258 g/mol. The van der Waals surface area contributed by atoms with Crippen molar-refractivity contribution in [3.63, 3.8) is 0 Å². The first kappa shape index (κ1) is 14.8. The fourth-order valence-electron chi connectivity index (χ4n) is 2.14. The number of hydrogen-bond acceptors (Lipinski definition) is 3. The molecule has 0 aromatic carbocycles. The predicted molar refractivity (Wildman–Crippen MR) is 66.3 cm³/mol. The van der Waals surface area contributed by atoms with Gasteiger partial charge in [0.25, 0.3) is 0 Å². The molecule has 2 N–H and O–H groups in total. The zero-order valence-corrected chi connectivity index (χ0v) is 11.2. The summed E-state index contributed by atoms with van der Waals surface area (Å²) in [7, 11) is 0. The molecule has 0 aromatic rings. The van der Waals surface area contributed by atoms with Crippen LogP contribution in [-0.2, 0) is 9.53 Å². The summed E-state index contributed by atoms with van der Waals surface area (Å²) < 4.78 is 5.31. The Kier molecular flexibility index (Phi) is 5.40. The molecule has 6 nitrogen and oxygen atoms in total. The third kappa shape index (κ3) is 3.87. The molecule has 1 aliphatic heterocycles. The van der Waals surface area contributed by atoms with Crippen LogP contribution < -0.4 is 5.32 Å². The van der Waals surface area contributed by atoms with E-state index in [0.717, 1.165) is 0 Å². The number of nitrogens with zero attached hydrogens (tertiary/aromatic N) is 1. The fourth-order valence-corrected chi connectivity index (χ4v) is 2.14. The number of ether oxygens (including phenoxy) is 1. The van der Waals surface area contributed by atoms with E-state index in [1.807, 2.05) is 20.8 Å². The number of carboxylic acid groups (broad SMARTS) is 1. The second-order valence-electron chi connectivity index (χ2n) is 4.78. The standard InChI is InChI=1S/C12H22N2O4/c1-4-18-9(3)5-13-12(17)14-6-8(2)10(7-14)11(15)16/h8-10H,4-7H2,1-3H3,(H,13,17)(H,15,16). The first-order valence-electron chi connectivity index (χ1n) is 6.32. The number of aliphatic carboxylic acids is 1. The molecule has 104 valence electrons. The lowest BCUT2D eigenvalue weighted by Gasteiger charge is -2.19. The van der Waals surface area contributed by atoms with Crippen LogP contribution in [-0.4, -0.2) is 54.4 Å². The molecule has 1 fully saturated rings. The largest absolute Gasteiger partial charge is 0.481 e. The normalized spacial score (nSPS) is 24.9. The number of carbonyl (C=O) groups excluding carboxylic acids is 1. The van der Waals surface area contributed by atoms with E-state index in [1.165, 1.54) is 0 Å². The molecule has 0 radical (unpaired) electrons. The quantitative estimate of drug-likeness (QED) is 0.763. The Hall–Kier alpha value is -1.30. The van der Waals surface area contributed by atoms with Crippen LogP contribution in [0.15, 0.2) is 0 Å². The van der Waals surface area contributed by atoms with Gasteiger partial charge in [0.05, 0.1) is 12.0 Å². The minimum Gasteiger partial charge on any atom is -0.481 e. The number of nitrogens with one attached hydrogen (secondary N) is 1. The number of carboxylic acids is 1. The Morgan fingerprint density at radius 2 is 2.17 bits per heavy atom. The van der Waals surface area contributed by atoms with Crippen molar-refractivity contribution >= 4 is 12.0 Å². The van der Waals surface area contributed by atoms with Crippen LogP contribution >= 0.6 is 0 Å². The van der Waals surface area contributed by atoms with E-state index in [0.29, 0.717) is 19.7 Å². The van der Waals surface area contributed by atoms with Gasteiger partial charge in [-0.25, -0.2) is 4.79 Å². The summed E-state index contributed by atoms with van der Waals surface area (Å²) in [6.45, 7) is 7.47. The van der Waals surface area contributed by atoms with Gasteiger partial charge in [-0.2, -0.15) is 0 Å². The highest BCUT2D eigenvalue weighted by molar-refractivity contribution is 5.77. The van der Waals surface area contributed by atoms with E-state index >= 15 is 0 Å². The Balaban J connectivity index is 2.38. The maximum Gasteiger partial charge on any atom is 0.317 e. The van der Waals surface area contributed by atoms with Crippen LogP contribution in [0.2, 0.25) is 0 Å². The maximum atomic E-state index is 11.8. The Labute approximate surface area is 107 Å². The summed E-state index contributed by atoms with van der Waals surface area (Å²) >= 11 is 0. The maximum absolute atomic E-state index is 11.8. The fraction of sp³-hybridized carbons (Fsp3) is 0.833. The molecule has 3 atom stereocenters. The number of likely N-dealkylation sites (tertiary alicyclic amines) is 1. The molecular weight excluding hydrogens is 236 g/mol. The minimum absolute atomic E-state index is 0.00225. The first-order valence-corrected chi connectivity index (χ1v) is 6.32. The molecule has 0 aliphatic carbocycles. The van der Waals surface area contributed by atoms with Gasteiger partial charge < -0.3 is 20.1 Å². The van der Waals surface area contributed by atoms with Crippen molar-refractivity contribution in [3.05, 3.63) is 0 Å². The van der Waals surface area contributed by atoms with E-state index in [4.69, 9.17) is 9.84 Å². The van der Waals surface area contributed by atoms with Crippen LogP contribution in [0, 0.1) is 11.8 Å². The van der Waals surface area contributed by atoms with E-state index in [2.05, 4.69) is 5.32 Å². The summed E-state index contributed by atoms with van der Waals surface area (Å²) in [4.78, 5) is 24.3. The van der Waals surface area contributed by atoms with E-state index in [1.54, 1.807) is 4.90 Å². The molecule has 0 bridgehead atoms. The second-order valence-corrected chi connectivity index (χ2v) is 4.78. The average Bonchev–Trinajstić information content (AvgIpc) is 2.69. The molecule has 18 heavy (non-hydrogen) atoms. The van der Waals surface area contributed by atoms with Crippen LogP contribution in [0.4, 0.5) is 4.79 Å². The zero-order chi connectivity index (χ0) is 13.7. The summed E-state index contributed by atoms with van der Waals surface area (Å²) in [5.41, 5.74) is 0. The van der Waals surface area contributed by atoms with Gasteiger partial charge in [0.15, 0.2) is 0 Å². The lowest BCUT2D eigenvalue weighted by atomic mass is 9.99. The minimum atomic E-state index is -0.833. The van der Waals surface area contributed by atoms with Crippen molar-refractivity contribution in [1.82, 2.24) is 10.2 Å². The van der Waals surface area contributed by atoms with E-state index in [-0.39, 0.29) is 24.6 Å². The predicted octanol–water partition coefficient (Wildman–Crippen LogP) is 0.773. The van der Waals surface area contributed by atoms with E-state index in [9.17, 15) is 9.59 Å². The van der Waals surface area contributed by atoms with Gasteiger partial charge in [0.1, 0.15) is 0 Å². The molecule has 0 spiro atoms. The molecular formula is C12H22N2O4. The van der Waals surface area contributed by atoms with Gasteiger partial charge >= 0.3 is 12.0 Å². The topological polar surface area (TPSA) is 78.9 Å². The number of hydrogen-bond donors (Lipinski definition) is 2. The van der Waals surface area contributed by atoms with Gasteiger partial charge in [0.2, 0.25) is 0 Å². The van der Waals surface area contributed by atoms with Gasteiger partial charge in [-0.1, -0.05) is 6.92 Å². The van der Waals surface area contributed by atoms with Crippen LogP contribution in [0.25, 0.3) is 0 Å². The number of carbonyl (C=O) groups is 2. The van der Waals surface area contributed by atoms with Crippen molar-refractivity contribution < 1.29 is 19.4 Å².